The highest BCUT2D eigenvalue weighted by Crippen LogP contribution is 2.50. The number of benzene rings is 1. The monoisotopic (exact) mass is 367 g/mol. The Morgan fingerprint density at radius 1 is 1.30 bits per heavy atom. The van der Waals surface area contributed by atoms with Crippen molar-refractivity contribution in [1.82, 2.24) is 4.90 Å². The van der Waals surface area contributed by atoms with Gasteiger partial charge >= 0.3 is 0 Å². The fourth-order valence-corrected chi connectivity index (χ4v) is 4.96. The van der Waals surface area contributed by atoms with Crippen LogP contribution in [0.3, 0.4) is 0 Å². The lowest BCUT2D eigenvalue weighted by atomic mass is 9.75. The molecule has 144 valence electrons. The predicted molar refractivity (Wildman–Crippen MR) is 107 cm³/mol. The van der Waals surface area contributed by atoms with Gasteiger partial charge in [-0.25, -0.2) is 4.99 Å². The second-order valence-electron chi connectivity index (χ2n) is 9.16. The number of amides is 1. The Kier molecular flexibility index (Phi) is 3.92. The number of hydrogen-bond donors (Lipinski definition) is 1. The standard InChI is InChI=1S/C22H29N3O2/c1-13-8-14(2)10-16(9-13)15-6-7-18-17(11-15)22(12-21(3,4)27-18)19(26)25(5)20(23)24-22/h6-7,9,11,13-14H,8,10,12H2,1-5H3,(H2,23,24)/t13-,14+,22?/m1/s1. The fraction of sp³-hybridized carbons (Fsp3) is 0.545. The molecule has 3 aliphatic rings. The maximum Gasteiger partial charge on any atom is 0.261 e. The molecule has 3 atom stereocenters. The fourth-order valence-electron chi connectivity index (χ4n) is 4.96. The van der Waals surface area contributed by atoms with Crippen LogP contribution in [-0.4, -0.2) is 29.4 Å². The zero-order valence-corrected chi connectivity index (χ0v) is 16.9. The Bertz CT molecular complexity index is 870. The van der Waals surface area contributed by atoms with Crippen LogP contribution in [0.25, 0.3) is 5.57 Å². The van der Waals surface area contributed by atoms with E-state index in [4.69, 9.17) is 10.5 Å². The highest BCUT2D eigenvalue weighted by molar-refractivity contribution is 6.07. The third-order valence-corrected chi connectivity index (χ3v) is 6.00. The number of nitrogens with zero attached hydrogens (tertiary/aromatic N) is 2. The molecule has 0 saturated heterocycles. The molecule has 27 heavy (non-hydrogen) atoms. The Morgan fingerprint density at radius 3 is 2.67 bits per heavy atom. The van der Waals surface area contributed by atoms with E-state index in [0.29, 0.717) is 18.3 Å². The summed E-state index contributed by atoms with van der Waals surface area (Å²) in [6.45, 7) is 8.56. The van der Waals surface area contributed by atoms with Crippen LogP contribution >= 0.6 is 0 Å². The summed E-state index contributed by atoms with van der Waals surface area (Å²) in [6, 6.07) is 6.21. The van der Waals surface area contributed by atoms with Crippen molar-refractivity contribution in [2.24, 2.45) is 22.6 Å². The smallest absolute Gasteiger partial charge is 0.261 e. The molecule has 0 fully saturated rings. The first kappa shape index (κ1) is 18.1. The Labute approximate surface area is 161 Å². The van der Waals surface area contributed by atoms with Gasteiger partial charge in [-0.05, 0) is 61.8 Å². The normalized spacial score (nSPS) is 32.0. The summed E-state index contributed by atoms with van der Waals surface area (Å²) in [5, 5.41) is 0. The van der Waals surface area contributed by atoms with Crippen LogP contribution in [0.4, 0.5) is 0 Å². The van der Waals surface area contributed by atoms with Gasteiger partial charge in [0.15, 0.2) is 11.5 Å². The van der Waals surface area contributed by atoms with Crippen LogP contribution in [0.1, 0.15) is 58.1 Å². The molecule has 0 bridgehead atoms. The number of rotatable bonds is 1. The van der Waals surface area contributed by atoms with Crippen LogP contribution in [0.2, 0.25) is 0 Å². The minimum absolute atomic E-state index is 0.0749. The lowest BCUT2D eigenvalue weighted by Gasteiger charge is -2.41. The maximum atomic E-state index is 13.2. The Balaban J connectivity index is 1.86. The lowest BCUT2D eigenvalue weighted by molar-refractivity contribution is -0.133. The molecular weight excluding hydrogens is 338 g/mol. The number of ether oxygens (including phenoxy) is 1. The summed E-state index contributed by atoms with van der Waals surface area (Å²) in [5.74, 6) is 2.15. The van der Waals surface area contributed by atoms with Crippen molar-refractivity contribution in [2.45, 2.75) is 58.1 Å². The van der Waals surface area contributed by atoms with Gasteiger partial charge in [0.25, 0.3) is 5.91 Å². The molecule has 1 amide bonds. The van der Waals surface area contributed by atoms with E-state index < -0.39 is 11.1 Å². The van der Waals surface area contributed by atoms with Crippen LogP contribution in [-0.2, 0) is 10.3 Å². The number of fused-ring (bicyclic) bond motifs is 2. The molecule has 1 spiro atoms. The number of guanidine groups is 1. The quantitative estimate of drug-likeness (QED) is 0.823. The van der Waals surface area contributed by atoms with E-state index in [1.165, 1.54) is 16.9 Å². The molecular formula is C22H29N3O2. The van der Waals surface area contributed by atoms with E-state index in [2.05, 4.69) is 37.0 Å². The zero-order chi connectivity index (χ0) is 19.6. The van der Waals surface area contributed by atoms with Crippen molar-refractivity contribution in [2.75, 3.05) is 7.05 Å². The molecule has 2 aliphatic heterocycles. The number of carbonyl (C=O) groups is 1. The molecule has 2 N–H and O–H groups in total. The van der Waals surface area contributed by atoms with Gasteiger partial charge in [0.1, 0.15) is 11.4 Å². The van der Waals surface area contributed by atoms with E-state index in [9.17, 15) is 4.79 Å². The molecule has 1 aromatic rings. The topological polar surface area (TPSA) is 67.9 Å². The first-order chi connectivity index (χ1) is 12.6. The van der Waals surface area contributed by atoms with Crippen LogP contribution in [0.15, 0.2) is 29.3 Å². The van der Waals surface area contributed by atoms with Gasteiger partial charge < -0.3 is 10.5 Å². The predicted octanol–water partition coefficient (Wildman–Crippen LogP) is 3.68. The average molecular weight is 367 g/mol. The molecule has 1 unspecified atom stereocenters. The van der Waals surface area contributed by atoms with Gasteiger partial charge in [-0.3, -0.25) is 9.69 Å². The lowest BCUT2D eigenvalue weighted by Crippen LogP contribution is -2.49. The summed E-state index contributed by atoms with van der Waals surface area (Å²) in [6.07, 6.45) is 5.12. The summed E-state index contributed by atoms with van der Waals surface area (Å²) in [5.41, 5.74) is 7.90. The molecule has 4 rings (SSSR count). The van der Waals surface area contributed by atoms with Crippen LogP contribution < -0.4 is 10.5 Å². The summed E-state index contributed by atoms with van der Waals surface area (Å²) in [7, 11) is 1.69. The van der Waals surface area contributed by atoms with E-state index in [1.54, 1.807) is 7.05 Å². The van der Waals surface area contributed by atoms with Crippen LogP contribution in [0.5, 0.6) is 5.75 Å². The van der Waals surface area contributed by atoms with E-state index in [1.807, 2.05) is 19.9 Å². The molecule has 0 aromatic heterocycles. The van der Waals surface area contributed by atoms with Gasteiger partial charge in [0, 0.05) is 19.0 Å². The first-order valence-electron chi connectivity index (χ1n) is 9.79. The van der Waals surface area contributed by atoms with Gasteiger partial charge in [0.05, 0.1) is 0 Å². The Morgan fingerprint density at radius 2 is 2.04 bits per heavy atom. The average Bonchev–Trinajstić information content (AvgIpc) is 2.77. The molecule has 5 nitrogen and oxygen atoms in total. The molecule has 5 heteroatoms. The second kappa shape index (κ2) is 5.85. The second-order valence-corrected chi connectivity index (χ2v) is 9.16. The van der Waals surface area contributed by atoms with Crippen molar-refractivity contribution in [1.29, 1.82) is 0 Å². The number of carbonyl (C=O) groups excluding carboxylic acids is 1. The third kappa shape index (κ3) is 2.84. The number of nitrogens with two attached hydrogens (primary N) is 1. The number of allylic oxidation sites excluding steroid dienone is 2. The van der Waals surface area contributed by atoms with Gasteiger partial charge in [0.2, 0.25) is 0 Å². The number of hydrogen-bond acceptors (Lipinski definition) is 4. The highest BCUT2D eigenvalue weighted by Gasteiger charge is 2.55. The summed E-state index contributed by atoms with van der Waals surface area (Å²) < 4.78 is 6.21. The van der Waals surface area contributed by atoms with Gasteiger partial charge in [-0.15, -0.1) is 0 Å². The molecule has 0 saturated carbocycles. The minimum Gasteiger partial charge on any atom is -0.487 e. The van der Waals surface area contributed by atoms with E-state index in [-0.39, 0.29) is 11.9 Å². The maximum absolute atomic E-state index is 13.2. The Hall–Kier alpha value is -2.30. The van der Waals surface area contributed by atoms with Crippen molar-refractivity contribution in [3.8, 4) is 5.75 Å². The van der Waals surface area contributed by atoms with Gasteiger partial charge in [-0.2, -0.15) is 0 Å². The van der Waals surface area contributed by atoms with Crippen molar-refractivity contribution >= 4 is 17.4 Å². The summed E-state index contributed by atoms with van der Waals surface area (Å²) in [4.78, 5) is 19.3. The minimum atomic E-state index is -0.988. The largest absolute Gasteiger partial charge is 0.487 e. The van der Waals surface area contributed by atoms with Crippen molar-refractivity contribution in [3.63, 3.8) is 0 Å². The third-order valence-electron chi connectivity index (χ3n) is 6.00. The van der Waals surface area contributed by atoms with Crippen molar-refractivity contribution in [3.05, 3.63) is 35.4 Å². The van der Waals surface area contributed by atoms with E-state index >= 15 is 0 Å². The zero-order valence-electron chi connectivity index (χ0n) is 16.9. The van der Waals surface area contributed by atoms with Crippen LogP contribution in [0, 0.1) is 11.8 Å². The first-order valence-corrected chi connectivity index (χ1v) is 9.79. The molecule has 2 heterocycles. The molecule has 1 aliphatic carbocycles. The van der Waals surface area contributed by atoms with Crippen molar-refractivity contribution < 1.29 is 9.53 Å². The summed E-state index contributed by atoms with van der Waals surface area (Å²) >= 11 is 0. The molecule has 0 radical (unpaired) electrons. The SMILES string of the molecule is C[C@@H]1CC(c2ccc3c(c2)C2(CC(C)(C)O3)N=C(N)N(C)C2=O)=C[C@H](C)C1. The molecule has 1 aromatic carbocycles. The van der Waals surface area contributed by atoms with E-state index in [0.717, 1.165) is 23.3 Å². The number of likely N-dealkylation sites (N-methyl/N-ethyl adjacent to an activating group) is 1. The van der Waals surface area contributed by atoms with Gasteiger partial charge in [-0.1, -0.05) is 26.0 Å². The highest BCUT2D eigenvalue weighted by atomic mass is 16.5. The number of aliphatic imine (C=N–C) groups is 1.